The van der Waals surface area contributed by atoms with Gasteiger partial charge in [0.25, 0.3) is 0 Å². The molecule has 0 fully saturated rings. The van der Waals surface area contributed by atoms with E-state index in [0.29, 0.717) is 5.57 Å². The van der Waals surface area contributed by atoms with E-state index in [1.165, 1.54) is 0 Å². The maximum absolute atomic E-state index is 12.2. The Kier molecular flexibility index (Phi) is 6.66. The third-order valence-electron chi connectivity index (χ3n) is 3.17. The van der Waals surface area contributed by atoms with Crippen molar-refractivity contribution in [2.45, 2.75) is 45.5 Å². The highest BCUT2D eigenvalue weighted by Gasteiger charge is 2.45. The first-order chi connectivity index (χ1) is 8.13. The van der Waals surface area contributed by atoms with Crippen LogP contribution in [0.5, 0.6) is 0 Å². The Hall–Kier alpha value is -0.276. The van der Waals surface area contributed by atoms with Gasteiger partial charge in [0.1, 0.15) is 0 Å². The lowest BCUT2D eigenvalue weighted by molar-refractivity contribution is -0.115. The van der Waals surface area contributed by atoms with Gasteiger partial charge < -0.3 is 13.0 Å². The monoisotopic (exact) mass is 290 g/mol. The fraction of sp³-hybridized carbons (Fsp3) is 0.750. The highest BCUT2D eigenvalue weighted by Crippen LogP contribution is 2.32. The van der Waals surface area contributed by atoms with Crippen LogP contribution in [-0.2, 0) is 17.8 Å². The van der Waals surface area contributed by atoms with Crippen molar-refractivity contribution in [2.75, 3.05) is 14.2 Å². The second-order valence-electron chi connectivity index (χ2n) is 5.08. The zero-order chi connectivity index (χ0) is 14.6. The average molecular weight is 291 g/mol. The molecular weight excluding hydrogens is 264 g/mol. The Balaban J connectivity index is 5.09. The van der Waals surface area contributed by atoms with Crippen LogP contribution in [0.15, 0.2) is 12.2 Å². The first-order valence-corrected chi connectivity index (χ1v) is 11.3. The number of hydrogen-bond donors (Lipinski definition) is 0. The van der Waals surface area contributed by atoms with Gasteiger partial charge in [0.2, 0.25) is 0 Å². The lowest BCUT2D eigenvalue weighted by Gasteiger charge is -2.37. The van der Waals surface area contributed by atoms with Crippen molar-refractivity contribution in [2.24, 2.45) is 0 Å². The van der Waals surface area contributed by atoms with Gasteiger partial charge in [0.05, 0.1) is 0 Å². The van der Waals surface area contributed by atoms with E-state index in [-0.39, 0.29) is 11.3 Å². The van der Waals surface area contributed by atoms with E-state index in [1.807, 2.05) is 26.6 Å². The summed E-state index contributed by atoms with van der Waals surface area (Å²) < 4.78 is 16.8. The molecule has 0 spiro atoms. The summed E-state index contributed by atoms with van der Waals surface area (Å²) in [4.78, 5) is 12.2. The van der Waals surface area contributed by atoms with Crippen LogP contribution in [-0.4, -0.2) is 37.1 Å². The van der Waals surface area contributed by atoms with Crippen LogP contribution in [0.2, 0.25) is 25.2 Å². The molecule has 0 saturated heterocycles. The maximum atomic E-state index is 12.2. The molecule has 0 aromatic rings. The van der Waals surface area contributed by atoms with Crippen LogP contribution in [0.3, 0.4) is 0 Å². The minimum absolute atomic E-state index is 0.0951. The molecule has 0 N–H and O–H groups in total. The van der Waals surface area contributed by atoms with E-state index in [2.05, 4.69) is 6.58 Å². The van der Waals surface area contributed by atoms with Crippen molar-refractivity contribution < 1.29 is 17.8 Å². The molecule has 0 rings (SSSR count). The summed E-state index contributed by atoms with van der Waals surface area (Å²) in [6, 6.07) is 0. The molecule has 4 nitrogen and oxygen atoms in total. The van der Waals surface area contributed by atoms with Crippen molar-refractivity contribution in [1.29, 1.82) is 0 Å². The summed E-state index contributed by atoms with van der Waals surface area (Å²) in [7, 11) is -1.68. The van der Waals surface area contributed by atoms with Crippen molar-refractivity contribution in [3.63, 3.8) is 0 Å². The lowest BCUT2D eigenvalue weighted by Crippen LogP contribution is -2.53. The first kappa shape index (κ1) is 17.7. The topological polar surface area (TPSA) is 44.8 Å². The van der Waals surface area contributed by atoms with Crippen LogP contribution in [0.25, 0.3) is 0 Å². The van der Waals surface area contributed by atoms with E-state index < -0.39 is 17.1 Å². The molecule has 0 amide bonds. The van der Waals surface area contributed by atoms with Crippen molar-refractivity contribution in [1.82, 2.24) is 0 Å². The quantitative estimate of drug-likeness (QED) is 0.509. The molecule has 0 aromatic carbocycles. The maximum Gasteiger partial charge on any atom is 0.486 e. The number of ketones is 1. The second-order valence-corrected chi connectivity index (χ2v) is 12.3. The molecule has 106 valence electrons. The van der Waals surface area contributed by atoms with E-state index in [9.17, 15) is 4.79 Å². The average Bonchev–Trinajstić information content (AvgIpc) is 2.28. The van der Waals surface area contributed by atoms with Gasteiger partial charge in [-0.25, -0.2) is 0 Å². The van der Waals surface area contributed by atoms with Gasteiger partial charge in [-0.15, -0.1) is 0 Å². The minimum Gasteiger partial charge on any atom is -0.415 e. The van der Waals surface area contributed by atoms with Gasteiger partial charge in [-0.3, -0.25) is 4.79 Å². The lowest BCUT2D eigenvalue weighted by atomic mass is 10.1. The highest BCUT2D eigenvalue weighted by atomic mass is 28.5. The molecule has 0 aliphatic rings. The van der Waals surface area contributed by atoms with E-state index in [1.54, 1.807) is 21.1 Å². The Morgan fingerprint density at radius 3 is 1.94 bits per heavy atom. The third-order valence-corrected chi connectivity index (χ3v) is 10.6. The third kappa shape index (κ3) is 4.43. The summed E-state index contributed by atoms with van der Waals surface area (Å²) in [5.41, 5.74) is 0.483. The molecule has 0 aliphatic heterocycles. The second kappa shape index (κ2) is 6.76. The van der Waals surface area contributed by atoms with Crippen LogP contribution >= 0.6 is 0 Å². The van der Waals surface area contributed by atoms with Crippen LogP contribution in [0.4, 0.5) is 0 Å². The van der Waals surface area contributed by atoms with Gasteiger partial charge >= 0.3 is 8.80 Å². The molecule has 1 atom stereocenters. The summed E-state index contributed by atoms with van der Waals surface area (Å²) in [6.45, 7) is 13.4. The number of rotatable bonds is 8. The Morgan fingerprint density at radius 2 is 1.67 bits per heavy atom. The molecule has 0 radical (unpaired) electrons. The Labute approximate surface area is 113 Å². The number of carbonyl (C=O) groups excluding carboxylic acids is 1. The summed E-state index contributed by atoms with van der Waals surface area (Å²) >= 11 is 0. The SMILES string of the molecule is C=C(C)C(=O)C(CC)[Si](C)(C)O[Si](C)(OC)OC. The normalized spacial score (nSPS) is 14.4. The summed E-state index contributed by atoms with van der Waals surface area (Å²) in [6.07, 6.45) is 0.753. The Bertz CT molecular complexity index is 311. The van der Waals surface area contributed by atoms with E-state index in [0.717, 1.165) is 6.42 Å². The first-order valence-electron chi connectivity index (χ1n) is 6.13. The van der Waals surface area contributed by atoms with Gasteiger partial charge in [0.15, 0.2) is 14.1 Å². The van der Waals surface area contributed by atoms with Gasteiger partial charge in [-0.2, -0.15) is 0 Å². The molecule has 0 heterocycles. The zero-order valence-electron chi connectivity index (χ0n) is 12.6. The zero-order valence-corrected chi connectivity index (χ0v) is 14.6. The highest BCUT2D eigenvalue weighted by molar-refractivity contribution is 6.83. The van der Waals surface area contributed by atoms with Crippen LogP contribution in [0, 0.1) is 0 Å². The molecule has 18 heavy (non-hydrogen) atoms. The molecule has 0 saturated carbocycles. The molecule has 6 heteroatoms. The van der Waals surface area contributed by atoms with E-state index >= 15 is 0 Å². The van der Waals surface area contributed by atoms with Crippen molar-refractivity contribution in [3.05, 3.63) is 12.2 Å². The predicted molar refractivity (Wildman–Crippen MR) is 78.1 cm³/mol. The molecule has 0 bridgehead atoms. The van der Waals surface area contributed by atoms with Crippen molar-refractivity contribution >= 4 is 22.9 Å². The number of carbonyl (C=O) groups is 1. The van der Waals surface area contributed by atoms with E-state index in [4.69, 9.17) is 13.0 Å². The van der Waals surface area contributed by atoms with Crippen molar-refractivity contribution in [3.8, 4) is 0 Å². The van der Waals surface area contributed by atoms with Crippen LogP contribution in [0.1, 0.15) is 20.3 Å². The smallest absolute Gasteiger partial charge is 0.415 e. The number of allylic oxidation sites excluding steroid dienone is 1. The number of hydrogen-bond acceptors (Lipinski definition) is 4. The fourth-order valence-corrected chi connectivity index (χ4v) is 9.09. The summed E-state index contributed by atoms with van der Waals surface area (Å²) in [5, 5.41) is 0. The molecule has 1 unspecified atom stereocenters. The molecule has 0 aliphatic carbocycles. The minimum atomic E-state index is -2.61. The van der Waals surface area contributed by atoms with Gasteiger partial charge in [-0.1, -0.05) is 13.5 Å². The standard InChI is InChI=1S/C12H26O4Si2/c1-9-11(12(13)10(2)3)17(6,7)16-18(8,14-4)15-5/h11H,2,9H2,1,3-8H3. The summed E-state index contributed by atoms with van der Waals surface area (Å²) in [5.74, 6) is 0.0951. The van der Waals surface area contributed by atoms with Gasteiger partial charge in [0, 0.05) is 26.3 Å². The largest absolute Gasteiger partial charge is 0.486 e. The van der Waals surface area contributed by atoms with Crippen LogP contribution < -0.4 is 0 Å². The predicted octanol–water partition coefficient (Wildman–Crippen LogP) is 3.00. The number of Topliss-reactive ketones (excluding diaryl/α,β-unsaturated/α-hetero) is 1. The Morgan fingerprint density at radius 1 is 1.22 bits per heavy atom. The molecule has 0 aromatic heterocycles. The molecular formula is C12H26O4Si2. The van der Waals surface area contributed by atoms with Gasteiger partial charge in [-0.05, 0) is 32.0 Å². The fourth-order valence-electron chi connectivity index (χ4n) is 2.01.